The molecule has 1 atom stereocenters. The van der Waals surface area contributed by atoms with Crippen LogP contribution in [0, 0.1) is 0 Å². The Morgan fingerprint density at radius 2 is 2.25 bits per heavy atom. The first-order valence-corrected chi connectivity index (χ1v) is 5.15. The maximum absolute atomic E-state index is 10.4. The van der Waals surface area contributed by atoms with Gasteiger partial charge in [-0.2, -0.15) is 0 Å². The van der Waals surface area contributed by atoms with Crippen LogP contribution in [0.15, 0.2) is 18.2 Å². The van der Waals surface area contributed by atoms with Crippen molar-refractivity contribution < 1.29 is 19.7 Å². The van der Waals surface area contributed by atoms with E-state index in [4.69, 9.17) is 21.4 Å². The molecule has 5 heteroatoms. The number of halogens is 1. The number of hydrogen-bond acceptors (Lipinski definition) is 3. The molecule has 88 valence electrons. The molecule has 2 N–H and O–H groups in total. The maximum Gasteiger partial charge on any atom is 0.303 e. The van der Waals surface area contributed by atoms with Crippen molar-refractivity contribution >= 4 is 17.6 Å². The van der Waals surface area contributed by atoms with E-state index < -0.39 is 12.1 Å². The van der Waals surface area contributed by atoms with E-state index in [0.717, 1.165) is 0 Å². The lowest BCUT2D eigenvalue weighted by atomic mass is 10.0. The van der Waals surface area contributed by atoms with Gasteiger partial charge in [0.05, 0.1) is 13.2 Å². The Kier molecular flexibility index (Phi) is 4.58. The van der Waals surface area contributed by atoms with Gasteiger partial charge in [0.1, 0.15) is 5.75 Å². The Bertz CT molecular complexity index is 378. The second-order valence-electron chi connectivity index (χ2n) is 3.33. The highest BCUT2D eigenvalue weighted by molar-refractivity contribution is 6.30. The highest BCUT2D eigenvalue weighted by atomic mass is 35.5. The Hall–Kier alpha value is -1.26. The fraction of sp³-hybridized carbons (Fsp3) is 0.364. The molecule has 16 heavy (non-hydrogen) atoms. The molecule has 0 aliphatic heterocycles. The number of carbonyl (C=O) groups is 1. The summed E-state index contributed by atoms with van der Waals surface area (Å²) in [5, 5.41) is 18.8. The molecule has 0 aromatic heterocycles. The molecule has 0 aliphatic rings. The number of carboxylic acid groups (broad SMARTS) is 1. The largest absolute Gasteiger partial charge is 0.496 e. The third kappa shape index (κ3) is 3.40. The Labute approximate surface area is 98.4 Å². The van der Waals surface area contributed by atoms with Crippen LogP contribution in [0.4, 0.5) is 0 Å². The number of aliphatic carboxylic acids is 1. The van der Waals surface area contributed by atoms with Gasteiger partial charge in [-0.25, -0.2) is 0 Å². The zero-order chi connectivity index (χ0) is 12.1. The molecule has 0 bridgehead atoms. The summed E-state index contributed by atoms with van der Waals surface area (Å²) in [5.74, 6) is -0.442. The second kappa shape index (κ2) is 5.72. The van der Waals surface area contributed by atoms with E-state index >= 15 is 0 Å². The Balaban J connectivity index is 2.84. The van der Waals surface area contributed by atoms with Gasteiger partial charge in [0.15, 0.2) is 0 Å². The number of aliphatic hydroxyl groups excluding tert-OH is 1. The lowest BCUT2D eigenvalue weighted by molar-refractivity contribution is -0.137. The van der Waals surface area contributed by atoms with Gasteiger partial charge >= 0.3 is 5.97 Å². The highest BCUT2D eigenvalue weighted by Crippen LogP contribution is 2.30. The lowest BCUT2D eigenvalue weighted by Gasteiger charge is -2.14. The van der Waals surface area contributed by atoms with Crippen LogP contribution in [0.25, 0.3) is 0 Å². The lowest BCUT2D eigenvalue weighted by Crippen LogP contribution is -2.04. The zero-order valence-electron chi connectivity index (χ0n) is 8.81. The summed E-state index contributed by atoms with van der Waals surface area (Å²) in [6.45, 7) is 0. The molecule has 0 aliphatic carbocycles. The van der Waals surface area contributed by atoms with Gasteiger partial charge in [-0.05, 0) is 24.6 Å². The van der Waals surface area contributed by atoms with Crippen molar-refractivity contribution in [2.45, 2.75) is 18.9 Å². The molecule has 0 amide bonds. The number of rotatable bonds is 5. The number of hydrogen-bond donors (Lipinski definition) is 2. The van der Waals surface area contributed by atoms with Crippen LogP contribution < -0.4 is 4.74 Å². The minimum Gasteiger partial charge on any atom is -0.496 e. The number of methoxy groups -OCH3 is 1. The summed E-state index contributed by atoms with van der Waals surface area (Å²) in [6.07, 6.45) is -0.854. The van der Waals surface area contributed by atoms with E-state index in [1.54, 1.807) is 18.2 Å². The first-order valence-electron chi connectivity index (χ1n) is 4.78. The van der Waals surface area contributed by atoms with Gasteiger partial charge in [0, 0.05) is 17.0 Å². The molecule has 0 spiro atoms. The number of ether oxygens (including phenoxy) is 1. The average molecular weight is 245 g/mol. The second-order valence-corrected chi connectivity index (χ2v) is 3.77. The van der Waals surface area contributed by atoms with Gasteiger partial charge in [-0.15, -0.1) is 0 Å². The molecule has 0 saturated heterocycles. The third-order valence-corrected chi connectivity index (χ3v) is 2.42. The smallest absolute Gasteiger partial charge is 0.303 e. The Morgan fingerprint density at radius 3 is 2.81 bits per heavy atom. The quantitative estimate of drug-likeness (QED) is 0.834. The van der Waals surface area contributed by atoms with E-state index in [1.165, 1.54) is 7.11 Å². The van der Waals surface area contributed by atoms with Crippen LogP contribution in [-0.2, 0) is 4.79 Å². The summed E-state index contributed by atoms with van der Waals surface area (Å²) in [5.41, 5.74) is 0.510. The van der Waals surface area contributed by atoms with E-state index in [9.17, 15) is 9.90 Å². The van der Waals surface area contributed by atoms with Gasteiger partial charge in [-0.1, -0.05) is 11.6 Å². The summed E-state index contributed by atoms with van der Waals surface area (Å²) < 4.78 is 5.06. The predicted molar refractivity (Wildman–Crippen MR) is 59.8 cm³/mol. The summed E-state index contributed by atoms with van der Waals surface area (Å²) >= 11 is 5.80. The van der Waals surface area contributed by atoms with Gasteiger partial charge in [0.25, 0.3) is 0 Å². The van der Waals surface area contributed by atoms with Crippen LogP contribution in [0.1, 0.15) is 24.5 Å². The van der Waals surface area contributed by atoms with E-state index in [-0.39, 0.29) is 12.8 Å². The van der Waals surface area contributed by atoms with Gasteiger partial charge < -0.3 is 14.9 Å². The van der Waals surface area contributed by atoms with Crippen molar-refractivity contribution in [2.75, 3.05) is 7.11 Å². The topological polar surface area (TPSA) is 66.8 Å². The van der Waals surface area contributed by atoms with Crippen LogP contribution in [0.5, 0.6) is 5.75 Å². The number of aliphatic hydroxyl groups is 1. The fourth-order valence-electron chi connectivity index (χ4n) is 1.38. The molecule has 0 saturated carbocycles. The minimum atomic E-state index is -0.944. The van der Waals surface area contributed by atoms with E-state index in [0.29, 0.717) is 16.3 Å². The monoisotopic (exact) mass is 244 g/mol. The predicted octanol–water partition coefficient (Wildman–Crippen LogP) is 2.25. The number of carboxylic acids is 1. The number of benzene rings is 1. The summed E-state index contributed by atoms with van der Waals surface area (Å²) in [7, 11) is 1.48. The van der Waals surface area contributed by atoms with Crippen LogP contribution >= 0.6 is 11.6 Å². The average Bonchev–Trinajstić information content (AvgIpc) is 2.25. The standard InChI is InChI=1S/C11H13ClO4/c1-16-10-4-2-7(12)6-8(10)9(13)3-5-11(14)15/h2,4,6,9,13H,3,5H2,1H3,(H,14,15). The van der Waals surface area contributed by atoms with Crippen molar-refractivity contribution in [3.05, 3.63) is 28.8 Å². The first-order chi connectivity index (χ1) is 7.54. The van der Waals surface area contributed by atoms with Crippen LogP contribution in [0.2, 0.25) is 5.02 Å². The molecule has 0 fully saturated rings. The van der Waals surface area contributed by atoms with E-state index in [1.807, 2.05) is 0 Å². The maximum atomic E-state index is 10.4. The van der Waals surface area contributed by atoms with Crippen LogP contribution in [-0.4, -0.2) is 23.3 Å². The summed E-state index contributed by atoms with van der Waals surface area (Å²) in [6, 6.07) is 4.86. The van der Waals surface area contributed by atoms with Crippen molar-refractivity contribution in [1.29, 1.82) is 0 Å². The molecule has 0 heterocycles. The Morgan fingerprint density at radius 1 is 1.56 bits per heavy atom. The van der Waals surface area contributed by atoms with Crippen LogP contribution in [0.3, 0.4) is 0 Å². The molecule has 1 rings (SSSR count). The molecular formula is C11H13ClO4. The summed E-state index contributed by atoms with van der Waals surface area (Å²) in [4.78, 5) is 10.4. The highest BCUT2D eigenvalue weighted by Gasteiger charge is 2.15. The molecule has 0 radical (unpaired) electrons. The van der Waals surface area contributed by atoms with Crippen molar-refractivity contribution in [3.63, 3.8) is 0 Å². The van der Waals surface area contributed by atoms with Crippen molar-refractivity contribution in [3.8, 4) is 5.75 Å². The molecule has 1 aromatic carbocycles. The van der Waals surface area contributed by atoms with Gasteiger partial charge in [0.2, 0.25) is 0 Å². The van der Waals surface area contributed by atoms with Crippen molar-refractivity contribution in [2.24, 2.45) is 0 Å². The molecular weight excluding hydrogens is 232 g/mol. The van der Waals surface area contributed by atoms with Gasteiger partial charge in [-0.3, -0.25) is 4.79 Å². The fourth-order valence-corrected chi connectivity index (χ4v) is 1.56. The first kappa shape index (κ1) is 12.8. The molecule has 4 nitrogen and oxygen atoms in total. The zero-order valence-corrected chi connectivity index (χ0v) is 9.57. The SMILES string of the molecule is COc1ccc(Cl)cc1C(O)CCC(=O)O. The van der Waals surface area contributed by atoms with Crippen molar-refractivity contribution in [1.82, 2.24) is 0 Å². The third-order valence-electron chi connectivity index (χ3n) is 2.18. The normalized spacial score (nSPS) is 12.2. The minimum absolute atomic E-state index is 0.100. The van der Waals surface area contributed by atoms with E-state index in [2.05, 4.69) is 0 Å². The molecule has 1 unspecified atom stereocenters. The molecule has 1 aromatic rings.